The van der Waals surface area contributed by atoms with Crippen LogP contribution in [-0.2, 0) is 16.4 Å². The van der Waals surface area contributed by atoms with Gasteiger partial charge in [-0.3, -0.25) is 4.90 Å². The summed E-state index contributed by atoms with van der Waals surface area (Å²) >= 11 is 0. The van der Waals surface area contributed by atoms with E-state index in [1.54, 1.807) is 0 Å². The van der Waals surface area contributed by atoms with Crippen LogP contribution in [-0.4, -0.2) is 47.3 Å². The van der Waals surface area contributed by atoms with Crippen molar-refractivity contribution in [1.29, 1.82) is 0 Å². The number of imidazole rings is 1. The molecular weight excluding hydrogens is 274 g/mol. The molecule has 1 aliphatic rings. The van der Waals surface area contributed by atoms with Crippen LogP contribution in [0, 0.1) is 6.92 Å². The summed E-state index contributed by atoms with van der Waals surface area (Å²) in [5.41, 5.74) is 3.09. The summed E-state index contributed by atoms with van der Waals surface area (Å²) in [7, 11) is -0.857. The quantitative estimate of drug-likeness (QED) is 0.855. The van der Waals surface area contributed by atoms with Crippen LogP contribution < -0.4 is 0 Å². The lowest BCUT2D eigenvalue weighted by molar-refractivity contribution is 0.251. The maximum Gasteiger partial charge on any atom is 0.151 e. The molecule has 0 unspecified atom stereocenters. The van der Waals surface area contributed by atoms with Crippen LogP contribution in [0.2, 0.25) is 0 Å². The third-order valence-electron chi connectivity index (χ3n) is 3.97. The maximum atomic E-state index is 11.5. The van der Waals surface area contributed by atoms with E-state index in [0.29, 0.717) is 12.3 Å². The Bertz CT molecular complexity index is 736. The van der Waals surface area contributed by atoms with Crippen molar-refractivity contribution in [2.24, 2.45) is 0 Å². The number of hydrogen-bond acceptors (Lipinski definition) is 4. The number of aryl methyl sites for hydroxylation is 1. The van der Waals surface area contributed by atoms with E-state index in [1.165, 1.54) is 0 Å². The molecule has 108 valence electrons. The Morgan fingerprint density at radius 2 is 2.30 bits per heavy atom. The van der Waals surface area contributed by atoms with Gasteiger partial charge in [-0.15, -0.1) is 0 Å². The zero-order valence-electron chi connectivity index (χ0n) is 11.8. The lowest BCUT2D eigenvalue weighted by atomic mass is 10.2. The van der Waals surface area contributed by atoms with Crippen molar-refractivity contribution in [1.82, 2.24) is 14.3 Å². The minimum absolute atomic E-state index is 0.117. The monoisotopic (exact) mass is 293 g/mol. The van der Waals surface area contributed by atoms with Gasteiger partial charge in [-0.2, -0.15) is 0 Å². The first-order chi connectivity index (χ1) is 9.44. The third-order valence-corrected chi connectivity index (χ3v) is 5.72. The van der Waals surface area contributed by atoms with Gasteiger partial charge >= 0.3 is 0 Å². The first kappa shape index (κ1) is 13.6. The summed E-state index contributed by atoms with van der Waals surface area (Å²) < 4.78 is 25.1. The summed E-state index contributed by atoms with van der Waals surface area (Å²) in [6, 6.07) is 4.16. The van der Waals surface area contributed by atoms with E-state index in [2.05, 4.69) is 9.88 Å². The smallest absolute Gasteiger partial charge is 0.151 e. The fourth-order valence-electron chi connectivity index (χ4n) is 2.79. The second kappa shape index (κ2) is 4.86. The van der Waals surface area contributed by atoms with Gasteiger partial charge in [0.1, 0.15) is 5.65 Å². The molecule has 5 nitrogen and oxygen atoms in total. The Morgan fingerprint density at radius 1 is 1.50 bits per heavy atom. The van der Waals surface area contributed by atoms with Gasteiger partial charge in [0.05, 0.1) is 17.2 Å². The molecule has 0 N–H and O–H groups in total. The fourth-order valence-corrected chi connectivity index (χ4v) is 4.59. The second-order valence-electron chi connectivity index (χ2n) is 5.63. The van der Waals surface area contributed by atoms with Crippen molar-refractivity contribution < 1.29 is 8.42 Å². The Kier molecular flexibility index (Phi) is 3.30. The van der Waals surface area contributed by atoms with Crippen molar-refractivity contribution >= 4 is 15.5 Å². The second-order valence-corrected chi connectivity index (χ2v) is 7.86. The minimum Gasteiger partial charge on any atom is -0.307 e. The predicted molar refractivity (Wildman–Crippen MR) is 78.5 cm³/mol. The first-order valence-corrected chi connectivity index (χ1v) is 8.60. The van der Waals surface area contributed by atoms with E-state index in [0.717, 1.165) is 23.3 Å². The predicted octanol–water partition coefficient (Wildman–Crippen LogP) is 1.26. The number of hydrogen-bond donors (Lipinski definition) is 0. The van der Waals surface area contributed by atoms with Gasteiger partial charge in [-0.05, 0) is 32.0 Å². The number of aromatic nitrogens is 2. The molecule has 1 aliphatic heterocycles. The highest BCUT2D eigenvalue weighted by Crippen LogP contribution is 2.19. The molecule has 0 aliphatic carbocycles. The van der Waals surface area contributed by atoms with Crippen LogP contribution in [0.3, 0.4) is 0 Å². The van der Waals surface area contributed by atoms with E-state index in [1.807, 2.05) is 42.9 Å². The molecule has 0 spiro atoms. The Morgan fingerprint density at radius 3 is 2.95 bits per heavy atom. The average molecular weight is 293 g/mol. The van der Waals surface area contributed by atoms with E-state index < -0.39 is 9.84 Å². The molecule has 0 saturated carbocycles. The van der Waals surface area contributed by atoms with Crippen LogP contribution in [0.15, 0.2) is 24.5 Å². The van der Waals surface area contributed by atoms with Crippen molar-refractivity contribution in [2.45, 2.75) is 25.9 Å². The van der Waals surface area contributed by atoms with Gasteiger partial charge in [-0.25, -0.2) is 13.4 Å². The van der Waals surface area contributed by atoms with Gasteiger partial charge in [0.15, 0.2) is 9.84 Å². The lowest BCUT2D eigenvalue weighted by Gasteiger charge is -2.21. The van der Waals surface area contributed by atoms with Crippen LogP contribution in [0.25, 0.3) is 5.65 Å². The van der Waals surface area contributed by atoms with Crippen molar-refractivity contribution in [3.63, 3.8) is 0 Å². The van der Waals surface area contributed by atoms with Gasteiger partial charge in [0, 0.05) is 25.0 Å². The number of fused-ring (bicyclic) bond motifs is 1. The highest BCUT2D eigenvalue weighted by Gasteiger charge is 2.30. The molecule has 2 aromatic heterocycles. The maximum absolute atomic E-state index is 11.5. The van der Waals surface area contributed by atoms with Crippen molar-refractivity contribution in [3.8, 4) is 0 Å². The van der Waals surface area contributed by atoms with Crippen molar-refractivity contribution in [3.05, 3.63) is 35.8 Å². The minimum atomic E-state index is -2.83. The molecule has 2 aromatic rings. The summed E-state index contributed by atoms with van der Waals surface area (Å²) in [5, 5.41) is 0. The SMILES string of the molecule is Cc1cccn2cc(CN(C)[C@@H]3CCS(=O)(=O)C3)nc12. The molecular formula is C14H19N3O2S. The molecule has 0 aromatic carbocycles. The summed E-state index contributed by atoms with van der Waals surface area (Å²) in [5.74, 6) is 0.585. The van der Waals surface area contributed by atoms with E-state index >= 15 is 0 Å². The molecule has 3 heterocycles. The van der Waals surface area contributed by atoms with Gasteiger partial charge in [0.25, 0.3) is 0 Å². The molecule has 0 bridgehead atoms. The summed E-state index contributed by atoms with van der Waals surface area (Å²) in [4.78, 5) is 6.73. The van der Waals surface area contributed by atoms with Gasteiger partial charge in [0.2, 0.25) is 0 Å². The Hall–Kier alpha value is -1.40. The van der Waals surface area contributed by atoms with Gasteiger partial charge < -0.3 is 4.40 Å². The third kappa shape index (κ3) is 2.58. The largest absolute Gasteiger partial charge is 0.307 e. The normalized spacial score (nSPS) is 21.9. The standard InChI is InChI=1S/C14H19N3O2S/c1-11-4-3-6-17-9-12(15-14(11)17)8-16(2)13-5-7-20(18,19)10-13/h3-4,6,9,13H,5,7-8,10H2,1-2H3/t13-/m1/s1. The first-order valence-electron chi connectivity index (χ1n) is 6.78. The van der Waals surface area contributed by atoms with E-state index in [-0.39, 0.29) is 11.8 Å². The zero-order valence-corrected chi connectivity index (χ0v) is 12.6. The molecule has 6 heteroatoms. The van der Waals surface area contributed by atoms with Crippen LogP contribution in [0.4, 0.5) is 0 Å². The molecule has 0 radical (unpaired) electrons. The molecule has 1 atom stereocenters. The number of sulfone groups is 1. The van der Waals surface area contributed by atoms with Crippen molar-refractivity contribution in [2.75, 3.05) is 18.6 Å². The lowest BCUT2D eigenvalue weighted by Crippen LogP contribution is -2.32. The van der Waals surface area contributed by atoms with Crippen LogP contribution in [0.5, 0.6) is 0 Å². The highest BCUT2D eigenvalue weighted by molar-refractivity contribution is 7.91. The Balaban J connectivity index is 1.78. The molecule has 20 heavy (non-hydrogen) atoms. The molecule has 3 rings (SSSR count). The summed E-state index contributed by atoms with van der Waals surface area (Å²) in [6.45, 7) is 2.72. The topological polar surface area (TPSA) is 54.7 Å². The average Bonchev–Trinajstić information content (AvgIpc) is 2.93. The number of rotatable bonds is 3. The molecule has 1 saturated heterocycles. The molecule has 1 fully saturated rings. The fraction of sp³-hybridized carbons (Fsp3) is 0.500. The van der Waals surface area contributed by atoms with Gasteiger partial charge in [-0.1, -0.05) is 6.07 Å². The van der Waals surface area contributed by atoms with Crippen LogP contribution >= 0.6 is 0 Å². The Labute approximate surface area is 119 Å². The van der Waals surface area contributed by atoms with E-state index in [4.69, 9.17) is 0 Å². The zero-order chi connectivity index (χ0) is 14.3. The summed E-state index contributed by atoms with van der Waals surface area (Å²) in [6.07, 6.45) is 4.73. The van der Waals surface area contributed by atoms with E-state index in [9.17, 15) is 8.42 Å². The highest BCUT2D eigenvalue weighted by atomic mass is 32.2. The number of nitrogens with zero attached hydrogens (tertiary/aromatic N) is 3. The molecule has 0 amide bonds. The van der Waals surface area contributed by atoms with Crippen LogP contribution in [0.1, 0.15) is 17.7 Å². The number of pyridine rings is 1.